The minimum Gasteiger partial charge on any atom is -0.504 e. The van der Waals surface area contributed by atoms with E-state index in [1.165, 1.54) is 6.07 Å². The Balaban J connectivity index is 3.10. The fraction of sp³-hybridized carbons (Fsp3) is 0.385. The SMILES string of the molecule is C=CCOc1ccc(O)c(OCC)c1OCC. The van der Waals surface area contributed by atoms with Gasteiger partial charge in [0.05, 0.1) is 13.2 Å². The van der Waals surface area contributed by atoms with Crippen molar-refractivity contribution in [3.05, 3.63) is 24.8 Å². The molecule has 1 aromatic rings. The number of phenolic OH excluding ortho intramolecular Hbond substituents is 1. The number of hydrogen-bond acceptors (Lipinski definition) is 4. The van der Waals surface area contributed by atoms with Gasteiger partial charge in [0.15, 0.2) is 11.5 Å². The Labute approximate surface area is 101 Å². The number of phenols is 1. The normalized spacial score (nSPS) is 9.76. The van der Waals surface area contributed by atoms with E-state index in [0.29, 0.717) is 37.1 Å². The Bertz CT molecular complexity index is 374. The van der Waals surface area contributed by atoms with Gasteiger partial charge in [0.25, 0.3) is 0 Å². The van der Waals surface area contributed by atoms with Crippen molar-refractivity contribution in [1.29, 1.82) is 0 Å². The molecular weight excluding hydrogens is 220 g/mol. The summed E-state index contributed by atoms with van der Waals surface area (Å²) in [6.45, 7) is 8.56. The largest absolute Gasteiger partial charge is 0.504 e. The van der Waals surface area contributed by atoms with Crippen molar-refractivity contribution in [2.45, 2.75) is 13.8 Å². The minimum atomic E-state index is 0.0428. The number of ether oxygens (including phenoxy) is 3. The quantitative estimate of drug-likeness (QED) is 0.742. The second-order valence-corrected chi connectivity index (χ2v) is 3.21. The maximum absolute atomic E-state index is 9.72. The lowest BCUT2D eigenvalue weighted by Gasteiger charge is -2.16. The molecule has 0 aliphatic rings. The van der Waals surface area contributed by atoms with E-state index in [-0.39, 0.29) is 5.75 Å². The topological polar surface area (TPSA) is 47.9 Å². The predicted molar refractivity (Wildman–Crippen MR) is 66.1 cm³/mol. The first kappa shape index (κ1) is 13.2. The highest BCUT2D eigenvalue weighted by Crippen LogP contribution is 2.43. The molecule has 0 fully saturated rings. The van der Waals surface area contributed by atoms with E-state index in [1.807, 2.05) is 13.8 Å². The van der Waals surface area contributed by atoms with Crippen LogP contribution in [0.3, 0.4) is 0 Å². The van der Waals surface area contributed by atoms with Gasteiger partial charge in [-0.05, 0) is 26.0 Å². The maximum Gasteiger partial charge on any atom is 0.207 e. The molecule has 1 N–H and O–H groups in total. The summed E-state index contributed by atoms with van der Waals surface area (Å²) in [5.41, 5.74) is 0. The third-order valence-corrected chi connectivity index (χ3v) is 1.99. The molecule has 0 aliphatic carbocycles. The second-order valence-electron chi connectivity index (χ2n) is 3.21. The van der Waals surface area contributed by atoms with Crippen molar-refractivity contribution in [2.75, 3.05) is 19.8 Å². The van der Waals surface area contributed by atoms with Gasteiger partial charge < -0.3 is 19.3 Å². The van der Waals surface area contributed by atoms with Crippen LogP contribution in [0.2, 0.25) is 0 Å². The van der Waals surface area contributed by atoms with Crippen LogP contribution < -0.4 is 14.2 Å². The Hall–Kier alpha value is -1.84. The van der Waals surface area contributed by atoms with E-state index in [2.05, 4.69) is 6.58 Å². The number of aromatic hydroxyl groups is 1. The third-order valence-electron chi connectivity index (χ3n) is 1.99. The first-order valence-corrected chi connectivity index (χ1v) is 5.59. The van der Waals surface area contributed by atoms with Crippen LogP contribution in [-0.2, 0) is 0 Å². The summed E-state index contributed by atoms with van der Waals surface area (Å²) in [7, 11) is 0. The lowest BCUT2D eigenvalue weighted by Crippen LogP contribution is -2.02. The molecule has 0 atom stereocenters. The lowest BCUT2D eigenvalue weighted by atomic mass is 10.2. The summed E-state index contributed by atoms with van der Waals surface area (Å²) in [4.78, 5) is 0. The van der Waals surface area contributed by atoms with E-state index in [1.54, 1.807) is 12.1 Å². The molecule has 94 valence electrons. The summed E-state index contributed by atoms with van der Waals surface area (Å²) in [6.07, 6.45) is 1.64. The van der Waals surface area contributed by atoms with Crippen molar-refractivity contribution < 1.29 is 19.3 Å². The first-order chi connectivity index (χ1) is 8.24. The van der Waals surface area contributed by atoms with Crippen LogP contribution >= 0.6 is 0 Å². The van der Waals surface area contributed by atoms with Crippen LogP contribution in [-0.4, -0.2) is 24.9 Å². The van der Waals surface area contributed by atoms with Crippen molar-refractivity contribution >= 4 is 0 Å². The summed E-state index contributed by atoms with van der Waals surface area (Å²) >= 11 is 0. The highest BCUT2D eigenvalue weighted by molar-refractivity contribution is 5.58. The van der Waals surface area contributed by atoms with Gasteiger partial charge in [0, 0.05) is 0 Å². The Morgan fingerprint density at radius 1 is 1.12 bits per heavy atom. The van der Waals surface area contributed by atoms with E-state index < -0.39 is 0 Å². The highest BCUT2D eigenvalue weighted by Gasteiger charge is 2.16. The van der Waals surface area contributed by atoms with E-state index in [4.69, 9.17) is 14.2 Å². The summed E-state index contributed by atoms with van der Waals surface area (Å²) in [6, 6.07) is 3.16. The minimum absolute atomic E-state index is 0.0428. The molecule has 4 heteroatoms. The monoisotopic (exact) mass is 238 g/mol. The van der Waals surface area contributed by atoms with Gasteiger partial charge in [-0.25, -0.2) is 0 Å². The number of rotatable bonds is 7. The Morgan fingerprint density at radius 3 is 2.35 bits per heavy atom. The predicted octanol–water partition coefficient (Wildman–Crippen LogP) is 2.75. The van der Waals surface area contributed by atoms with Crippen LogP contribution in [0, 0.1) is 0 Å². The molecule has 1 rings (SSSR count). The van der Waals surface area contributed by atoms with E-state index in [0.717, 1.165) is 0 Å². The van der Waals surface area contributed by atoms with Gasteiger partial charge in [0.1, 0.15) is 6.61 Å². The molecule has 0 bridgehead atoms. The van der Waals surface area contributed by atoms with Gasteiger partial charge in [-0.15, -0.1) is 0 Å². The van der Waals surface area contributed by atoms with E-state index in [9.17, 15) is 5.11 Å². The van der Waals surface area contributed by atoms with Crippen LogP contribution in [0.1, 0.15) is 13.8 Å². The zero-order chi connectivity index (χ0) is 12.7. The average molecular weight is 238 g/mol. The second kappa shape index (κ2) is 6.68. The highest BCUT2D eigenvalue weighted by atomic mass is 16.5. The van der Waals surface area contributed by atoms with Gasteiger partial charge in [-0.1, -0.05) is 12.7 Å². The fourth-order valence-electron chi connectivity index (χ4n) is 1.36. The van der Waals surface area contributed by atoms with E-state index >= 15 is 0 Å². The fourth-order valence-corrected chi connectivity index (χ4v) is 1.36. The molecule has 0 amide bonds. The molecule has 4 nitrogen and oxygen atoms in total. The van der Waals surface area contributed by atoms with Gasteiger partial charge >= 0.3 is 0 Å². The summed E-state index contributed by atoms with van der Waals surface area (Å²) in [5, 5.41) is 9.72. The van der Waals surface area contributed by atoms with Crippen molar-refractivity contribution in [3.63, 3.8) is 0 Å². The van der Waals surface area contributed by atoms with Crippen LogP contribution in [0.25, 0.3) is 0 Å². The van der Waals surface area contributed by atoms with Gasteiger partial charge in [-0.2, -0.15) is 0 Å². The molecule has 0 saturated heterocycles. The van der Waals surface area contributed by atoms with Crippen LogP contribution in [0.5, 0.6) is 23.0 Å². The average Bonchev–Trinajstić information content (AvgIpc) is 2.33. The maximum atomic E-state index is 9.72. The standard InChI is InChI=1S/C13H18O4/c1-4-9-17-11-8-7-10(14)12(15-5-2)13(11)16-6-3/h4,7-8,14H,1,5-6,9H2,2-3H3. The molecule has 0 aromatic heterocycles. The van der Waals surface area contributed by atoms with Crippen LogP contribution in [0.15, 0.2) is 24.8 Å². The zero-order valence-corrected chi connectivity index (χ0v) is 10.2. The third kappa shape index (κ3) is 3.31. The molecule has 0 heterocycles. The number of benzene rings is 1. The lowest BCUT2D eigenvalue weighted by molar-refractivity contribution is 0.256. The molecule has 0 spiro atoms. The Morgan fingerprint density at radius 2 is 1.76 bits per heavy atom. The summed E-state index contributed by atoms with van der Waals surface area (Å²) in [5.74, 6) is 1.32. The van der Waals surface area contributed by atoms with Gasteiger partial charge in [0.2, 0.25) is 11.5 Å². The summed E-state index contributed by atoms with van der Waals surface area (Å²) < 4.78 is 16.3. The first-order valence-electron chi connectivity index (χ1n) is 5.59. The molecular formula is C13H18O4. The molecule has 0 saturated carbocycles. The zero-order valence-electron chi connectivity index (χ0n) is 10.2. The van der Waals surface area contributed by atoms with Gasteiger partial charge in [-0.3, -0.25) is 0 Å². The van der Waals surface area contributed by atoms with Crippen molar-refractivity contribution in [1.82, 2.24) is 0 Å². The molecule has 0 aliphatic heterocycles. The number of hydrogen-bond donors (Lipinski definition) is 1. The molecule has 1 aromatic carbocycles. The molecule has 0 unspecified atom stereocenters. The molecule has 17 heavy (non-hydrogen) atoms. The van der Waals surface area contributed by atoms with Crippen molar-refractivity contribution in [2.24, 2.45) is 0 Å². The Kier molecular flexibility index (Phi) is 5.20. The smallest absolute Gasteiger partial charge is 0.207 e. The van der Waals surface area contributed by atoms with Crippen LogP contribution in [0.4, 0.5) is 0 Å². The molecule has 0 radical (unpaired) electrons. The van der Waals surface area contributed by atoms with Crippen molar-refractivity contribution in [3.8, 4) is 23.0 Å².